The summed E-state index contributed by atoms with van der Waals surface area (Å²) in [6.45, 7) is 6.67. The van der Waals surface area contributed by atoms with Gasteiger partial charge in [0.05, 0.1) is 23.6 Å². The molecule has 22 heavy (non-hydrogen) atoms. The number of hydrogen-bond acceptors (Lipinski definition) is 4. The second-order valence-corrected chi connectivity index (χ2v) is 7.37. The summed E-state index contributed by atoms with van der Waals surface area (Å²) in [6, 6.07) is 0. The average molecular weight is 323 g/mol. The van der Waals surface area contributed by atoms with E-state index >= 15 is 0 Å². The maximum Gasteiger partial charge on any atom is 0.233 e. The summed E-state index contributed by atoms with van der Waals surface area (Å²) in [5.74, 6) is 0.157. The lowest BCUT2D eigenvalue weighted by molar-refractivity contribution is -0.120. The summed E-state index contributed by atoms with van der Waals surface area (Å²) >= 11 is 1.62. The normalized spacial score (nSPS) is 26.0. The van der Waals surface area contributed by atoms with Crippen LogP contribution in [-0.4, -0.2) is 40.0 Å². The van der Waals surface area contributed by atoms with Crippen LogP contribution in [0.1, 0.15) is 43.5 Å². The van der Waals surface area contributed by atoms with Crippen molar-refractivity contribution in [2.75, 3.05) is 13.2 Å². The summed E-state index contributed by atoms with van der Waals surface area (Å²) < 4.78 is 8.01. The quantitative estimate of drug-likeness (QED) is 0.925. The Hall–Kier alpha value is -1.01. The van der Waals surface area contributed by atoms with Gasteiger partial charge in [-0.3, -0.25) is 4.79 Å². The Morgan fingerprint density at radius 2 is 2.18 bits per heavy atom. The number of nitrogens with zero attached hydrogens (tertiary/aromatic N) is 2. The average Bonchev–Trinajstić information content (AvgIpc) is 3.04. The van der Waals surface area contributed by atoms with Gasteiger partial charge in [-0.05, 0) is 39.5 Å². The summed E-state index contributed by atoms with van der Waals surface area (Å²) in [5.41, 5.74) is 2.24. The van der Waals surface area contributed by atoms with Gasteiger partial charge in [-0.25, -0.2) is 4.98 Å². The van der Waals surface area contributed by atoms with Crippen LogP contribution < -0.4 is 5.32 Å². The zero-order chi connectivity index (χ0) is 15.5. The molecule has 2 saturated heterocycles. The van der Waals surface area contributed by atoms with Crippen molar-refractivity contribution in [3.63, 3.8) is 0 Å². The lowest BCUT2D eigenvalue weighted by Crippen LogP contribution is -2.31. The molecule has 2 atom stereocenters. The van der Waals surface area contributed by atoms with Crippen molar-refractivity contribution in [3.05, 3.63) is 11.4 Å². The first-order valence-electron chi connectivity index (χ1n) is 8.25. The van der Waals surface area contributed by atoms with Gasteiger partial charge in [-0.1, -0.05) is 18.2 Å². The smallest absolute Gasteiger partial charge is 0.233 e. The zero-order valence-electron chi connectivity index (χ0n) is 13.4. The fraction of sp³-hybridized carbons (Fsp3) is 0.750. The Morgan fingerprint density at radius 1 is 1.32 bits per heavy atom. The molecular formula is C16H25N3O2S. The van der Waals surface area contributed by atoms with Crippen molar-refractivity contribution >= 4 is 17.7 Å². The Kier molecular flexibility index (Phi) is 5.08. The molecule has 0 bridgehead atoms. The highest BCUT2D eigenvalue weighted by atomic mass is 32.2. The van der Waals surface area contributed by atoms with Crippen molar-refractivity contribution in [1.82, 2.24) is 14.9 Å². The maximum atomic E-state index is 12.2. The van der Waals surface area contributed by atoms with Gasteiger partial charge < -0.3 is 14.6 Å². The van der Waals surface area contributed by atoms with Crippen molar-refractivity contribution < 1.29 is 9.53 Å². The number of hydrogen-bond donors (Lipinski definition) is 1. The first-order valence-corrected chi connectivity index (χ1v) is 9.13. The largest absolute Gasteiger partial charge is 0.376 e. The molecule has 1 aromatic rings. The molecule has 0 aromatic carbocycles. The molecule has 3 heterocycles. The number of aromatic nitrogens is 2. The van der Waals surface area contributed by atoms with Gasteiger partial charge in [-0.2, -0.15) is 0 Å². The monoisotopic (exact) mass is 323 g/mol. The number of rotatable bonds is 4. The molecule has 2 fully saturated rings. The van der Waals surface area contributed by atoms with E-state index in [2.05, 4.69) is 16.8 Å². The summed E-state index contributed by atoms with van der Waals surface area (Å²) in [4.78, 5) is 16.9. The molecule has 0 saturated carbocycles. The molecular weight excluding hydrogens is 298 g/mol. The maximum absolute atomic E-state index is 12.2. The van der Waals surface area contributed by atoms with Crippen LogP contribution in [0, 0.1) is 13.8 Å². The van der Waals surface area contributed by atoms with Gasteiger partial charge in [-0.15, -0.1) is 0 Å². The second-order valence-electron chi connectivity index (χ2n) is 6.20. The van der Waals surface area contributed by atoms with Crippen LogP contribution in [0.25, 0.3) is 0 Å². The van der Waals surface area contributed by atoms with E-state index in [1.54, 1.807) is 11.8 Å². The van der Waals surface area contributed by atoms with Crippen LogP contribution in [0.15, 0.2) is 5.16 Å². The number of thioether (sulfide) groups is 1. The highest BCUT2D eigenvalue weighted by Crippen LogP contribution is 2.30. The summed E-state index contributed by atoms with van der Waals surface area (Å²) in [7, 11) is 0. The van der Waals surface area contributed by atoms with Crippen molar-refractivity contribution in [1.29, 1.82) is 0 Å². The Morgan fingerprint density at radius 3 is 2.95 bits per heavy atom. The molecule has 6 heteroatoms. The van der Waals surface area contributed by atoms with Crippen molar-refractivity contribution in [3.8, 4) is 0 Å². The molecule has 0 aliphatic carbocycles. The topological polar surface area (TPSA) is 56.2 Å². The SMILES string of the molecule is Cc1nc(S[C@@H]2CCCCNC2=O)n(C[C@H]2CCCO2)c1C. The summed E-state index contributed by atoms with van der Waals surface area (Å²) in [5, 5.41) is 3.95. The van der Waals surface area contributed by atoms with Gasteiger partial charge >= 0.3 is 0 Å². The number of aryl methyl sites for hydroxylation is 1. The Balaban J connectivity index is 1.76. The van der Waals surface area contributed by atoms with Gasteiger partial charge in [0.15, 0.2) is 5.16 Å². The number of carbonyl (C=O) groups is 1. The van der Waals surface area contributed by atoms with E-state index in [0.29, 0.717) is 0 Å². The molecule has 2 aliphatic heterocycles. The van der Waals surface area contributed by atoms with Crippen LogP contribution in [0.3, 0.4) is 0 Å². The van der Waals surface area contributed by atoms with E-state index in [1.165, 1.54) is 5.69 Å². The Labute approximate surface area is 136 Å². The number of imidazole rings is 1. The molecule has 3 rings (SSSR count). The third-order valence-corrected chi connectivity index (χ3v) is 5.82. The molecule has 0 spiro atoms. The number of carbonyl (C=O) groups excluding carboxylic acids is 1. The molecule has 1 amide bonds. The predicted molar refractivity (Wildman–Crippen MR) is 87.2 cm³/mol. The van der Waals surface area contributed by atoms with Crippen molar-refractivity contribution in [2.45, 2.75) is 69.0 Å². The Bertz CT molecular complexity index is 538. The van der Waals surface area contributed by atoms with Gasteiger partial charge in [0.1, 0.15) is 0 Å². The van der Waals surface area contributed by atoms with Gasteiger partial charge in [0, 0.05) is 18.8 Å². The van der Waals surface area contributed by atoms with Crippen LogP contribution in [0.4, 0.5) is 0 Å². The van der Waals surface area contributed by atoms with E-state index in [0.717, 1.165) is 62.7 Å². The van der Waals surface area contributed by atoms with Crippen LogP contribution in [0.5, 0.6) is 0 Å². The predicted octanol–water partition coefficient (Wildman–Crippen LogP) is 2.44. The molecule has 5 nitrogen and oxygen atoms in total. The highest BCUT2D eigenvalue weighted by molar-refractivity contribution is 8.00. The fourth-order valence-electron chi connectivity index (χ4n) is 3.07. The number of nitrogens with one attached hydrogen (secondary N) is 1. The van der Waals surface area contributed by atoms with Crippen LogP contribution >= 0.6 is 11.8 Å². The fourth-order valence-corrected chi connectivity index (χ4v) is 4.33. The zero-order valence-corrected chi connectivity index (χ0v) is 14.2. The highest BCUT2D eigenvalue weighted by Gasteiger charge is 2.26. The summed E-state index contributed by atoms with van der Waals surface area (Å²) in [6.07, 6.45) is 5.65. The lowest BCUT2D eigenvalue weighted by Gasteiger charge is -2.17. The number of amides is 1. The van der Waals surface area contributed by atoms with Crippen LogP contribution in [-0.2, 0) is 16.1 Å². The second kappa shape index (κ2) is 7.04. The van der Waals surface area contributed by atoms with Gasteiger partial charge in [0.2, 0.25) is 5.91 Å². The van der Waals surface area contributed by atoms with Crippen molar-refractivity contribution in [2.24, 2.45) is 0 Å². The third kappa shape index (κ3) is 3.49. The minimum atomic E-state index is -0.0213. The van der Waals surface area contributed by atoms with Gasteiger partial charge in [0.25, 0.3) is 0 Å². The molecule has 1 N–H and O–H groups in total. The molecule has 0 unspecified atom stereocenters. The molecule has 122 valence electrons. The first-order chi connectivity index (χ1) is 10.6. The number of ether oxygens (including phenoxy) is 1. The molecule has 0 radical (unpaired) electrons. The van der Waals surface area contributed by atoms with E-state index in [9.17, 15) is 4.79 Å². The van der Waals surface area contributed by atoms with E-state index in [-0.39, 0.29) is 17.3 Å². The third-order valence-electron chi connectivity index (χ3n) is 4.57. The lowest BCUT2D eigenvalue weighted by atomic mass is 10.2. The van der Waals surface area contributed by atoms with E-state index in [1.807, 2.05) is 6.92 Å². The molecule has 2 aliphatic rings. The minimum Gasteiger partial charge on any atom is -0.376 e. The van der Waals surface area contributed by atoms with E-state index < -0.39 is 0 Å². The standard InChI is InChI=1S/C16H25N3O2S/c1-11-12(2)19(10-13-6-5-9-21-13)16(18-11)22-14-7-3-4-8-17-15(14)20/h13-14H,3-10H2,1-2H3,(H,17,20)/t13-,14-/m1/s1. The minimum absolute atomic E-state index is 0.0213. The molecule has 1 aromatic heterocycles. The first kappa shape index (κ1) is 15.9. The van der Waals surface area contributed by atoms with E-state index in [4.69, 9.17) is 9.72 Å². The van der Waals surface area contributed by atoms with Crippen LogP contribution in [0.2, 0.25) is 0 Å².